The number of methoxy groups -OCH3 is 2. The molecule has 0 aliphatic carbocycles. The van der Waals surface area contributed by atoms with Crippen LogP contribution in [0.25, 0.3) is 11.4 Å². The summed E-state index contributed by atoms with van der Waals surface area (Å²) in [6.45, 7) is 0.540. The minimum Gasteiger partial charge on any atom is -0.493 e. The molecule has 0 bridgehead atoms. The quantitative estimate of drug-likeness (QED) is 0.571. The SMILES string of the molecule is COc1ccc(-c2noc([C@H]3CCCN(S(=O)(=O)c4cccc(F)c4)C3)n2)cc1OC. The summed E-state index contributed by atoms with van der Waals surface area (Å²) in [5, 5.41) is 4.05. The second-order valence-corrected chi connectivity index (χ2v) is 9.12. The maximum absolute atomic E-state index is 13.5. The number of rotatable bonds is 6. The fraction of sp³-hybridized carbons (Fsp3) is 0.333. The summed E-state index contributed by atoms with van der Waals surface area (Å²) in [7, 11) is -0.722. The highest BCUT2D eigenvalue weighted by Gasteiger charge is 2.33. The molecule has 31 heavy (non-hydrogen) atoms. The Bertz CT molecular complexity index is 1180. The largest absolute Gasteiger partial charge is 0.493 e. The molecule has 1 atom stereocenters. The highest BCUT2D eigenvalue weighted by atomic mass is 32.2. The zero-order valence-corrected chi connectivity index (χ0v) is 17.9. The number of piperidine rings is 1. The molecule has 8 nitrogen and oxygen atoms in total. The van der Waals surface area contributed by atoms with Crippen LogP contribution in [0.2, 0.25) is 0 Å². The number of aromatic nitrogens is 2. The fourth-order valence-electron chi connectivity index (χ4n) is 3.63. The Hall–Kier alpha value is -2.98. The van der Waals surface area contributed by atoms with Crippen molar-refractivity contribution in [1.29, 1.82) is 0 Å². The van der Waals surface area contributed by atoms with Crippen molar-refractivity contribution < 1.29 is 26.8 Å². The number of halogens is 1. The second-order valence-electron chi connectivity index (χ2n) is 7.19. The smallest absolute Gasteiger partial charge is 0.243 e. The van der Waals surface area contributed by atoms with Crippen molar-refractivity contribution >= 4 is 10.0 Å². The van der Waals surface area contributed by atoms with E-state index in [0.29, 0.717) is 48.2 Å². The van der Waals surface area contributed by atoms with E-state index in [0.717, 1.165) is 6.07 Å². The van der Waals surface area contributed by atoms with Crippen LogP contribution in [0.3, 0.4) is 0 Å². The maximum atomic E-state index is 13.5. The standard InChI is InChI=1S/C21H22FN3O5S/c1-28-18-9-8-14(11-19(18)29-2)20-23-21(30-24-20)15-5-4-10-25(13-15)31(26,27)17-7-3-6-16(22)12-17/h3,6-9,11-12,15H,4-5,10,13H2,1-2H3/t15-/m0/s1. The summed E-state index contributed by atoms with van der Waals surface area (Å²) in [4.78, 5) is 4.42. The van der Waals surface area contributed by atoms with Gasteiger partial charge < -0.3 is 14.0 Å². The van der Waals surface area contributed by atoms with Gasteiger partial charge in [-0.15, -0.1) is 0 Å². The highest BCUT2D eigenvalue weighted by Crippen LogP contribution is 2.33. The van der Waals surface area contributed by atoms with E-state index in [1.165, 1.54) is 22.5 Å². The van der Waals surface area contributed by atoms with E-state index in [2.05, 4.69) is 10.1 Å². The number of ether oxygens (including phenoxy) is 2. The van der Waals surface area contributed by atoms with Crippen LogP contribution in [0.5, 0.6) is 11.5 Å². The molecule has 1 saturated heterocycles. The van der Waals surface area contributed by atoms with Gasteiger partial charge >= 0.3 is 0 Å². The van der Waals surface area contributed by atoms with Gasteiger partial charge in [0, 0.05) is 18.7 Å². The molecule has 3 aromatic rings. The lowest BCUT2D eigenvalue weighted by atomic mass is 10.00. The van der Waals surface area contributed by atoms with Crippen LogP contribution >= 0.6 is 0 Å². The molecular weight excluding hydrogens is 425 g/mol. The van der Waals surface area contributed by atoms with Gasteiger partial charge in [-0.2, -0.15) is 9.29 Å². The minimum atomic E-state index is -3.81. The van der Waals surface area contributed by atoms with Gasteiger partial charge in [-0.3, -0.25) is 0 Å². The summed E-state index contributed by atoms with van der Waals surface area (Å²) >= 11 is 0. The van der Waals surface area contributed by atoms with Gasteiger partial charge in [-0.25, -0.2) is 12.8 Å². The van der Waals surface area contributed by atoms with Crippen molar-refractivity contribution in [2.24, 2.45) is 0 Å². The minimum absolute atomic E-state index is 0.0651. The molecule has 0 N–H and O–H groups in total. The zero-order chi connectivity index (χ0) is 22.0. The van der Waals surface area contributed by atoms with Gasteiger partial charge in [0.2, 0.25) is 21.7 Å². The van der Waals surface area contributed by atoms with Crippen molar-refractivity contribution in [1.82, 2.24) is 14.4 Å². The summed E-state index contributed by atoms with van der Waals surface area (Å²) in [6, 6.07) is 10.3. The summed E-state index contributed by atoms with van der Waals surface area (Å²) in [6.07, 6.45) is 1.34. The molecule has 164 valence electrons. The van der Waals surface area contributed by atoms with E-state index in [4.69, 9.17) is 14.0 Å². The lowest BCUT2D eigenvalue weighted by molar-refractivity contribution is 0.265. The third kappa shape index (κ3) is 4.26. The first-order chi connectivity index (χ1) is 14.9. The van der Waals surface area contributed by atoms with Crippen LogP contribution in [0.1, 0.15) is 24.7 Å². The third-order valence-corrected chi connectivity index (χ3v) is 7.11. The monoisotopic (exact) mass is 447 g/mol. The number of sulfonamides is 1. The fourth-order valence-corrected chi connectivity index (χ4v) is 5.19. The molecule has 1 aliphatic rings. The molecule has 4 rings (SSSR count). The van der Waals surface area contributed by atoms with E-state index >= 15 is 0 Å². The molecule has 0 amide bonds. The number of hydrogen-bond donors (Lipinski definition) is 0. The average Bonchev–Trinajstić information content (AvgIpc) is 3.29. The van der Waals surface area contributed by atoms with E-state index in [1.807, 2.05) is 0 Å². The van der Waals surface area contributed by atoms with Crippen molar-refractivity contribution in [3.05, 3.63) is 54.2 Å². The molecule has 1 aliphatic heterocycles. The molecule has 0 unspecified atom stereocenters. The maximum Gasteiger partial charge on any atom is 0.243 e. The van der Waals surface area contributed by atoms with Crippen LogP contribution in [-0.4, -0.2) is 50.2 Å². The molecule has 1 fully saturated rings. The van der Waals surface area contributed by atoms with Crippen LogP contribution in [-0.2, 0) is 10.0 Å². The predicted octanol–water partition coefficient (Wildman–Crippen LogP) is 3.46. The summed E-state index contributed by atoms with van der Waals surface area (Å²) in [5.41, 5.74) is 0.688. The Morgan fingerprint density at radius 2 is 1.94 bits per heavy atom. The van der Waals surface area contributed by atoms with Gasteiger partial charge in [-0.05, 0) is 49.2 Å². The van der Waals surface area contributed by atoms with E-state index in [1.54, 1.807) is 32.4 Å². The van der Waals surface area contributed by atoms with Gasteiger partial charge in [0.15, 0.2) is 11.5 Å². The van der Waals surface area contributed by atoms with Gasteiger partial charge in [-0.1, -0.05) is 11.2 Å². The lowest BCUT2D eigenvalue weighted by Gasteiger charge is -2.30. The molecule has 0 saturated carbocycles. The van der Waals surface area contributed by atoms with Gasteiger partial charge in [0.05, 0.1) is 25.0 Å². The number of benzene rings is 2. The van der Waals surface area contributed by atoms with E-state index < -0.39 is 15.8 Å². The number of hydrogen-bond acceptors (Lipinski definition) is 7. The molecule has 0 radical (unpaired) electrons. The summed E-state index contributed by atoms with van der Waals surface area (Å²) < 4.78 is 56.8. The Morgan fingerprint density at radius 3 is 2.68 bits per heavy atom. The molecule has 1 aromatic heterocycles. The Labute approximate surface area is 179 Å². The first-order valence-corrected chi connectivity index (χ1v) is 11.2. The van der Waals surface area contributed by atoms with Crippen LogP contribution in [0.15, 0.2) is 51.9 Å². The molecule has 2 heterocycles. The Kier molecular flexibility index (Phi) is 5.92. The van der Waals surface area contributed by atoms with Crippen LogP contribution < -0.4 is 9.47 Å². The Morgan fingerprint density at radius 1 is 1.13 bits per heavy atom. The van der Waals surface area contributed by atoms with Gasteiger partial charge in [0.25, 0.3) is 0 Å². The lowest BCUT2D eigenvalue weighted by Crippen LogP contribution is -2.39. The molecular formula is C21H22FN3O5S. The van der Waals surface area contributed by atoms with E-state index in [9.17, 15) is 12.8 Å². The topological polar surface area (TPSA) is 94.8 Å². The zero-order valence-electron chi connectivity index (χ0n) is 17.1. The normalized spacial score (nSPS) is 17.5. The molecule has 0 spiro atoms. The van der Waals surface area contributed by atoms with Crippen molar-refractivity contribution in [3.63, 3.8) is 0 Å². The highest BCUT2D eigenvalue weighted by molar-refractivity contribution is 7.89. The predicted molar refractivity (Wildman–Crippen MR) is 110 cm³/mol. The first-order valence-electron chi connectivity index (χ1n) is 9.74. The van der Waals surface area contributed by atoms with Crippen molar-refractivity contribution in [2.45, 2.75) is 23.7 Å². The van der Waals surface area contributed by atoms with Crippen LogP contribution in [0, 0.1) is 5.82 Å². The van der Waals surface area contributed by atoms with Crippen molar-refractivity contribution in [3.8, 4) is 22.9 Å². The Balaban J connectivity index is 1.55. The third-order valence-electron chi connectivity index (χ3n) is 5.25. The number of nitrogens with zero attached hydrogens (tertiary/aromatic N) is 3. The molecule has 10 heteroatoms. The molecule has 2 aromatic carbocycles. The second kappa shape index (κ2) is 8.64. The first kappa shape index (κ1) is 21.3. The van der Waals surface area contributed by atoms with E-state index in [-0.39, 0.29) is 17.4 Å². The van der Waals surface area contributed by atoms with Gasteiger partial charge in [0.1, 0.15) is 5.82 Å². The van der Waals surface area contributed by atoms with Crippen molar-refractivity contribution in [2.75, 3.05) is 27.3 Å². The average molecular weight is 447 g/mol. The van der Waals surface area contributed by atoms with Crippen LogP contribution in [0.4, 0.5) is 4.39 Å². The summed E-state index contributed by atoms with van der Waals surface area (Å²) in [5.74, 6) is 1.02.